The number of rotatable bonds is 7. The van der Waals surface area contributed by atoms with E-state index in [1.54, 1.807) is 12.1 Å². The topological polar surface area (TPSA) is 79.4 Å². The third-order valence-electron chi connectivity index (χ3n) is 3.70. The second kappa shape index (κ2) is 9.15. The van der Waals surface area contributed by atoms with Crippen LogP contribution in [0.25, 0.3) is 17.3 Å². The first kappa shape index (κ1) is 18.1. The summed E-state index contributed by atoms with van der Waals surface area (Å²) in [5.74, 6) is 0.356. The fourth-order valence-electron chi connectivity index (χ4n) is 2.45. The van der Waals surface area contributed by atoms with Crippen molar-refractivity contribution in [2.75, 3.05) is 6.61 Å². The molecular formula is C21H20N4O2. The fourth-order valence-corrected chi connectivity index (χ4v) is 2.45. The second-order valence-corrected chi connectivity index (χ2v) is 5.58. The number of benzene rings is 2. The lowest BCUT2D eigenvalue weighted by Crippen LogP contribution is -2.17. The zero-order valence-corrected chi connectivity index (χ0v) is 14.9. The van der Waals surface area contributed by atoms with Crippen LogP contribution in [0.3, 0.4) is 0 Å². The van der Waals surface area contributed by atoms with Gasteiger partial charge in [-0.25, -0.2) is 5.43 Å². The van der Waals surface area contributed by atoms with Gasteiger partial charge in [-0.3, -0.25) is 9.89 Å². The summed E-state index contributed by atoms with van der Waals surface area (Å²) in [4.78, 5) is 12.2. The van der Waals surface area contributed by atoms with Crippen LogP contribution < -0.4 is 10.2 Å². The third-order valence-corrected chi connectivity index (χ3v) is 3.70. The largest absolute Gasteiger partial charge is 0.493 e. The van der Waals surface area contributed by atoms with Gasteiger partial charge in [-0.2, -0.15) is 10.2 Å². The van der Waals surface area contributed by atoms with Crippen LogP contribution in [0.5, 0.6) is 5.75 Å². The van der Waals surface area contributed by atoms with Crippen molar-refractivity contribution in [1.82, 2.24) is 15.6 Å². The molecule has 1 amide bonds. The third kappa shape index (κ3) is 4.92. The Morgan fingerprint density at radius 3 is 2.78 bits per heavy atom. The van der Waals surface area contributed by atoms with Crippen molar-refractivity contribution in [3.8, 4) is 17.0 Å². The van der Waals surface area contributed by atoms with E-state index < -0.39 is 0 Å². The molecule has 3 rings (SSSR count). The lowest BCUT2D eigenvalue weighted by Gasteiger charge is -2.07. The molecule has 0 saturated carbocycles. The molecule has 0 saturated heterocycles. The number of carbonyl (C=O) groups is 1. The molecule has 0 radical (unpaired) electrons. The van der Waals surface area contributed by atoms with Crippen LogP contribution in [-0.4, -0.2) is 28.9 Å². The first-order chi connectivity index (χ1) is 13.3. The maximum atomic E-state index is 12.2. The number of nitrogens with one attached hydrogen (secondary N) is 2. The molecule has 0 aliphatic heterocycles. The molecule has 0 unspecified atom stereocenters. The van der Waals surface area contributed by atoms with Crippen LogP contribution in [-0.2, 0) is 0 Å². The summed E-state index contributed by atoms with van der Waals surface area (Å²) >= 11 is 0. The standard InChI is InChI=1S/C21H20N4O2/c1-2-27-20-13-7-6-12-17(20)18-15-19(24-23-18)21(26)25-22-14-8-11-16-9-4-3-5-10-16/h3-15H,2H2,1H3,(H,23,24)(H,25,26)/b11-8+,22-14+. The molecule has 0 fully saturated rings. The zero-order valence-electron chi connectivity index (χ0n) is 14.9. The van der Waals surface area contributed by atoms with Gasteiger partial charge in [0.2, 0.25) is 0 Å². The van der Waals surface area contributed by atoms with Crippen molar-refractivity contribution in [1.29, 1.82) is 0 Å². The van der Waals surface area contributed by atoms with Gasteiger partial charge in [0.1, 0.15) is 11.4 Å². The summed E-state index contributed by atoms with van der Waals surface area (Å²) in [7, 11) is 0. The highest BCUT2D eigenvalue weighted by molar-refractivity contribution is 5.94. The molecule has 6 nitrogen and oxygen atoms in total. The fraction of sp³-hybridized carbons (Fsp3) is 0.0952. The van der Waals surface area contributed by atoms with Gasteiger partial charge in [-0.05, 0) is 36.8 Å². The number of para-hydroxylation sites is 1. The molecule has 3 aromatic rings. The average molecular weight is 360 g/mol. The van der Waals surface area contributed by atoms with Crippen molar-refractivity contribution in [2.45, 2.75) is 6.92 Å². The number of aromatic amines is 1. The molecule has 0 bridgehead atoms. The van der Waals surface area contributed by atoms with Crippen molar-refractivity contribution in [2.24, 2.45) is 5.10 Å². The summed E-state index contributed by atoms with van der Waals surface area (Å²) in [5.41, 5.74) is 5.30. The van der Waals surface area contributed by atoms with Crippen LogP contribution in [0, 0.1) is 0 Å². The van der Waals surface area contributed by atoms with Gasteiger partial charge in [0.05, 0.1) is 12.3 Å². The second-order valence-electron chi connectivity index (χ2n) is 5.58. The van der Waals surface area contributed by atoms with Crippen LogP contribution >= 0.6 is 0 Å². The van der Waals surface area contributed by atoms with E-state index in [2.05, 4.69) is 20.7 Å². The van der Waals surface area contributed by atoms with Gasteiger partial charge in [0.15, 0.2) is 0 Å². The molecule has 0 spiro atoms. The molecule has 6 heteroatoms. The van der Waals surface area contributed by atoms with Gasteiger partial charge in [-0.1, -0.05) is 48.5 Å². The number of amides is 1. The van der Waals surface area contributed by atoms with E-state index in [9.17, 15) is 4.79 Å². The number of hydrogen-bond acceptors (Lipinski definition) is 4. The normalized spacial score (nSPS) is 11.1. The molecular weight excluding hydrogens is 340 g/mol. The number of nitrogens with zero attached hydrogens (tertiary/aromatic N) is 2. The summed E-state index contributed by atoms with van der Waals surface area (Å²) in [5, 5.41) is 10.8. The molecule has 2 N–H and O–H groups in total. The Labute approximate surface area is 157 Å². The predicted molar refractivity (Wildman–Crippen MR) is 107 cm³/mol. The van der Waals surface area contributed by atoms with Gasteiger partial charge < -0.3 is 4.74 Å². The highest BCUT2D eigenvalue weighted by Crippen LogP contribution is 2.28. The highest BCUT2D eigenvalue weighted by Gasteiger charge is 2.13. The van der Waals surface area contributed by atoms with E-state index >= 15 is 0 Å². The van der Waals surface area contributed by atoms with E-state index in [0.717, 1.165) is 16.9 Å². The van der Waals surface area contributed by atoms with Crippen LogP contribution in [0.2, 0.25) is 0 Å². The Hall–Kier alpha value is -3.67. The van der Waals surface area contributed by atoms with Crippen molar-refractivity contribution >= 4 is 18.2 Å². The lowest BCUT2D eigenvalue weighted by molar-refractivity contribution is 0.0950. The SMILES string of the molecule is CCOc1ccccc1-c1cc(C(=O)N/N=C/C=C/c2ccccc2)[nH]n1. The molecule has 0 aliphatic carbocycles. The maximum absolute atomic E-state index is 12.2. The first-order valence-electron chi connectivity index (χ1n) is 8.60. The van der Waals surface area contributed by atoms with Crippen molar-refractivity contribution in [3.05, 3.63) is 78.0 Å². The van der Waals surface area contributed by atoms with E-state index in [1.165, 1.54) is 6.21 Å². The number of ether oxygens (including phenoxy) is 1. The van der Waals surface area contributed by atoms with Gasteiger partial charge in [-0.15, -0.1) is 0 Å². The molecule has 1 heterocycles. The van der Waals surface area contributed by atoms with Gasteiger partial charge >= 0.3 is 0 Å². The number of H-pyrrole nitrogens is 1. The van der Waals surface area contributed by atoms with Gasteiger partial charge in [0, 0.05) is 11.8 Å². The minimum atomic E-state index is -0.369. The minimum absolute atomic E-state index is 0.320. The van der Waals surface area contributed by atoms with Crippen molar-refractivity contribution < 1.29 is 9.53 Å². The van der Waals surface area contributed by atoms with E-state index in [4.69, 9.17) is 4.74 Å². The Bertz CT molecular complexity index is 946. The molecule has 136 valence electrons. The van der Waals surface area contributed by atoms with Crippen molar-refractivity contribution in [3.63, 3.8) is 0 Å². The monoisotopic (exact) mass is 360 g/mol. The average Bonchev–Trinajstić information content (AvgIpc) is 3.19. The Balaban J connectivity index is 1.62. The van der Waals surface area contributed by atoms with E-state index in [1.807, 2.05) is 67.6 Å². The number of allylic oxidation sites excluding steroid dienone is 1. The van der Waals surface area contributed by atoms with Crippen LogP contribution in [0.1, 0.15) is 23.0 Å². The number of hydrogen-bond donors (Lipinski definition) is 2. The van der Waals surface area contributed by atoms with E-state index in [-0.39, 0.29) is 5.91 Å². The number of aromatic nitrogens is 2. The van der Waals surface area contributed by atoms with Gasteiger partial charge in [0.25, 0.3) is 5.91 Å². The summed E-state index contributed by atoms with van der Waals surface area (Å²) in [6, 6.07) is 19.1. The maximum Gasteiger partial charge on any atom is 0.289 e. The molecule has 0 atom stereocenters. The molecule has 1 aromatic heterocycles. The Kier molecular flexibility index (Phi) is 6.14. The Morgan fingerprint density at radius 2 is 1.96 bits per heavy atom. The molecule has 2 aromatic carbocycles. The van der Waals surface area contributed by atoms with Crippen LogP contribution in [0.15, 0.2) is 71.8 Å². The zero-order chi connectivity index (χ0) is 18.9. The lowest BCUT2D eigenvalue weighted by atomic mass is 10.1. The van der Waals surface area contributed by atoms with Crippen LogP contribution in [0.4, 0.5) is 0 Å². The van der Waals surface area contributed by atoms with E-state index in [0.29, 0.717) is 18.0 Å². The summed E-state index contributed by atoms with van der Waals surface area (Å²) in [6.45, 7) is 2.48. The summed E-state index contributed by atoms with van der Waals surface area (Å²) < 4.78 is 5.60. The Morgan fingerprint density at radius 1 is 1.19 bits per heavy atom. The number of carbonyl (C=O) groups excluding carboxylic acids is 1. The minimum Gasteiger partial charge on any atom is -0.493 e. The number of hydrazone groups is 1. The quantitative estimate of drug-likeness (QED) is 0.495. The predicted octanol–water partition coefficient (Wildman–Crippen LogP) is 3.90. The summed E-state index contributed by atoms with van der Waals surface area (Å²) in [6.07, 6.45) is 5.17. The first-order valence-corrected chi connectivity index (χ1v) is 8.60. The molecule has 27 heavy (non-hydrogen) atoms. The molecule has 0 aliphatic rings. The highest BCUT2D eigenvalue weighted by atomic mass is 16.5. The smallest absolute Gasteiger partial charge is 0.289 e.